The van der Waals surface area contributed by atoms with E-state index in [0.29, 0.717) is 6.04 Å². The molecule has 1 aromatic carbocycles. The lowest BCUT2D eigenvalue weighted by atomic mass is 9.61. The maximum Gasteiger partial charge on any atom is 0.169 e. The summed E-state index contributed by atoms with van der Waals surface area (Å²) in [6, 6.07) is 6.80. The van der Waals surface area contributed by atoms with Gasteiger partial charge in [-0.25, -0.2) is 0 Å². The average molecular weight is 297 g/mol. The SMILES string of the molecule is COC1=CC=C2C(C)N(C)CCC23c2c(C)cccc2O[C@@H]13. The van der Waals surface area contributed by atoms with Gasteiger partial charge in [0, 0.05) is 11.6 Å². The number of hydrogen-bond donors (Lipinski definition) is 0. The molecule has 2 unspecified atom stereocenters. The van der Waals surface area contributed by atoms with Crippen LogP contribution >= 0.6 is 0 Å². The molecule has 0 amide bonds. The van der Waals surface area contributed by atoms with E-state index in [-0.39, 0.29) is 11.5 Å². The van der Waals surface area contributed by atoms with Gasteiger partial charge in [-0.3, -0.25) is 4.90 Å². The Balaban J connectivity index is 1.98. The second kappa shape index (κ2) is 4.63. The van der Waals surface area contributed by atoms with E-state index in [1.54, 1.807) is 7.11 Å². The summed E-state index contributed by atoms with van der Waals surface area (Å²) in [6.07, 6.45) is 5.41. The Morgan fingerprint density at radius 3 is 2.91 bits per heavy atom. The zero-order valence-corrected chi connectivity index (χ0v) is 13.7. The van der Waals surface area contributed by atoms with Gasteiger partial charge in [0.2, 0.25) is 0 Å². The number of hydrogen-bond acceptors (Lipinski definition) is 3. The molecule has 3 aliphatic rings. The van der Waals surface area contributed by atoms with Gasteiger partial charge in [0.05, 0.1) is 12.5 Å². The van der Waals surface area contributed by atoms with Crippen LogP contribution in [0, 0.1) is 6.92 Å². The summed E-state index contributed by atoms with van der Waals surface area (Å²) in [5.74, 6) is 1.97. The number of nitrogens with zero attached hydrogens (tertiary/aromatic N) is 1. The van der Waals surface area contributed by atoms with Crippen molar-refractivity contribution in [2.75, 3.05) is 20.7 Å². The van der Waals surface area contributed by atoms with Crippen LogP contribution in [0.25, 0.3) is 0 Å². The highest BCUT2D eigenvalue weighted by Gasteiger charge is 2.58. The van der Waals surface area contributed by atoms with E-state index in [9.17, 15) is 0 Å². The minimum absolute atomic E-state index is 0.0234. The van der Waals surface area contributed by atoms with Crippen LogP contribution in [-0.2, 0) is 10.2 Å². The molecule has 1 fully saturated rings. The number of likely N-dealkylation sites (tertiary alicyclic amines) is 1. The highest BCUT2D eigenvalue weighted by atomic mass is 16.5. The Morgan fingerprint density at radius 1 is 1.32 bits per heavy atom. The zero-order chi connectivity index (χ0) is 15.5. The number of methoxy groups -OCH3 is 1. The second-order valence-electron chi connectivity index (χ2n) is 6.72. The number of aryl methyl sites for hydroxylation is 1. The average Bonchev–Trinajstić information content (AvgIpc) is 2.86. The first-order valence-electron chi connectivity index (χ1n) is 8.03. The molecule has 3 atom stereocenters. The first-order valence-corrected chi connectivity index (χ1v) is 8.03. The van der Waals surface area contributed by atoms with Crippen molar-refractivity contribution in [3.63, 3.8) is 0 Å². The maximum atomic E-state index is 6.39. The molecule has 0 bridgehead atoms. The summed E-state index contributed by atoms with van der Waals surface area (Å²) >= 11 is 0. The number of likely N-dealkylation sites (N-methyl/N-ethyl adjacent to an activating group) is 1. The van der Waals surface area contributed by atoms with Crippen LogP contribution in [-0.4, -0.2) is 37.7 Å². The fraction of sp³-hybridized carbons (Fsp3) is 0.474. The number of fused-ring (bicyclic) bond motifs is 1. The number of allylic oxidation sites excluding steroid dienone is 2. The van der Waals surface area contributed by atoms with E-state index in [1.807, 2.05) is 0 Å². The minimum atomic E-state index is -0.0628. The monoisotopic (exact) mass is 297 g/mol. The van der Waals surface area contributed by atoms with E-state index in [0.717, 1.165) is 24.5 Å². The molecule has 2 heterocycles. The molecular formula is C19H23NO2. The van der Waals surface area contributed by atoms with Gasteiger partial charge in [-0.15, -0.1) is 0 Å². The predicted molar refractivity (Wildman–Crippen MR) is 87.2 cm³/mol. The molecule has 0 N–H and O–H groups in total. The Bertz CT molecular complexity index is 691. The first kappa shape index (κ1) is 13.9. The van der Waals surface area contributed by atoms with Gasteiger partial charge in [-0.05, 0) is 57.1 Å². The molecule has 3 heteroatoms. The molecule has 22 heavy (non-hydrogen) atoms. The van der Waals surface area contributed by atoms with Gasteiger partial charge in [-0.2, -0.15) is 0 Å². The Kier molecular flexibility index (Phi) is 2.92. The number of rotatable bonds is 1. The van der Waals surface area contributed by atoms with E-state index in [4.69, 9.17) is 9.47 Å². The van der Waals surface area contributed by atoms with Crippen LogP contribution in [0.4, 0.5) is 0 Å². The lowest BCUT2D eigenvalue weighted by molar-refractivity contribution is 0.0817. The molecule has 3 nitrogen and oxygen atoms in total. The standard InChI is InChI=1S/C19H23NO2/c1-12-6-5-7-15-17(12)19-10-11-20(3)13(2)14(19)8-9-16(21-4)18(19)22-15/h5-9,13,18H,10-11H2,1-4H3/t13?,18-,19?/m0/s1. The zero-order valence-electron chi connectivity index (χ0n) is 13.7. The summed E-state index contributed by atoms with van der Waals surface area (Å²) in [5, 5.41) is 0. The van der Waals surface area contributed by atoms with E-state index >= 15 is 0 Å². The van der Waals surface area contributed by atoms with Gasteiger partial charge < -0.3 is 9.47 Å². The highest BCUT2D eigenvalue weighted by Crippen LogP contribution is 2.57. The number of benzene rings is 1. The Morgan fingerprint density at radius 2 is 2.14 bits per heavy atom. The van der Waals surface area contributed by atoms with Gasteiger partial charge in [0.1, 0.15) is 11.5 Å². The molecule has 0 saturated carbocycles. The van der Waals surface area contributed by atoms with Crippen LogP contribution in [0.5, 0.6) is 5.75 Å². The normalized spacial score (nSPS) is 33.1. The molecule has 0 radical (unpaired) electrons. The van der Waals surface area contributed by atoms with E-state index in [1.165, 1.54) is 16.7 Å². The first-order chi connectivity index (χ1) is 10.6. The van der Waals surface area contributed by atoms with Gasteiger partial charge in [-0.1, -0.05) is 18.2 Å². The third kappa shape index (κ3) is 1.55. The lowest BCUT2D eigenvalue weighted by Gasteiger charge is -2.48. The molecule has 1 saturated heterocycles. The lowest BCUT2D eigenvalue weighted by Crippen LogP contribution is -2.54. The Hall–Kier alpha value is -1.74. The minimum Gasteiger partial charge on any atom is -0.497 e. The van der Waals surface area contributed by atoms with Gasteiger partial charge in [0.25, 0.3) is 0 Å². The van der Waals surface area contributed by atoms with Gasteiger partial charge >= 0.3 is 0 Å². The maximum absolute atomic E-state index is 6.39. The number of piperidine rings is 1. The van der Waals surface area contributed by atoms with Crippen molar-refractivity contribution in [2.24, 2.45) is 0 Å². The van der Waals surface area contributed by atoms with Crippen LogP contribution in [0.15, 0.2) is 41.7 Å². The third-order valence-electron chi connectivity index (χ3n) is 5.78. The number of ether oxygens (including phenoxy) is 2. The summed E-state index contributed by atoms with van der Waals surface area (Å²) < 4.78 is 12.0. The summed E-state index contributed by atoms with van der Waals surface area (Å²) in [4.78, 5) is 2.43. The van der Waals surface area contributed by atoms with Crippen molar-refractivity contribution in [1.82, 2.24) is 4.90 Å². The Labute approximate surface area is 132 Å². The fourth-order valence-corrected chi connectivity index (χ4v) is 4.55. The molecule has 116 valence electrons. The largest absolute Gasteiger partial charge is 0.497 e. The molecular weight excluding hydrogens is 274 g/mol. The van der Waals surface area contributed by atoms with Crippen molar-refractivity contribution >= 4 is 0 Å². The highest BCUT2D eigenvalue weighted by molar-refractivity contribution is 5.60. The van der Waals surface area contributed by atoms with Crippen LogP contribution < -0.4 is 4.74 Å². The van der Waals surface area contributed by atoms with Crippen molar-refractivity contribution < 1.29 is 9.47 Å². The van der Waals surface area contributed by atoms with Crippen molar-refractivity contribution in [2.45, 2.75) is 37.8 Å². The molecule has 0 aromatic heterocycles. The van der Waals surface area contributed by atoms with Crippen LogP contribution in [0.1, 0.15) is 24.5 Å². The summed E-state index contributed by atoms with van der Waals surface area (Å²) in [5.41, 5.74) is 4.08. The topological polar surface area (TPSA) is 21.7 Å². The molecule has 1 spiro atoms. The molecule has 1 aromatic rings. The van der Waals surface area contributed by atoms with E-state index in [2.05, 4.69) is 56.1 Å². The quantitative estimate of drug-likeness (QED) is 0.794. The molecule has 4 rings (SSSR count). The molecule has 1 aliphatic carbocycles. The predicted octanol–water partition coefficient (Wildman–Crippen LogP) is 3.19. The summed E-state index contributed by atoms with van der Waals surface area (Å²) in [6.45, 7) is 5.57. The van der Waals surface area contributed by atoms with Crippen molar-refractivity contribution in [3.05, 3.63) is 52.8 Å². The second-order valence-corrected chi connectivity index (χ2v) is 6.72. The smallest absolute Gasteiger partial charge is 0.169 e. The van der Waals surface area contributed by atoms with E-state index < -0.39 is 0 Å². The third-order valence-corrected chi connectivity index (χ3v) is 5.78. The summed E-state index contributed by atoms with van der Waals surface area (Å²) in [7, 11) is 3.95. The molecule has 2 aliphatic heterocycles. The van der Waals surface area contributed by atoms with Crippen molar-refractivity contribution in [1.29, 1.82) is 0 Å². The van der Waals surface area contributed by atoms with Crippen LogP contribution in [0.2, 0.25) is 0 Å². The van der Waals surface area contributed by atoms with Crippen LogP contribution in [0.3, 0.4) is 0 Å². The fourth-order valence-electron chi connectivity index (χ4n) is 4.55. The van der Waals surface area contributed by atoms with Gasteiger partial charge in [0.15, 0.2) is 6.10 Å². The van der Waals surface area contributed by atoms with Crippen molar-refractivity contribution in [3.8, 4) is 5.75 Å².